The Morgan fingerprint density at radius 2 is 1.11 bits per heavy atom. The number of furan rings is 2. The van der Waals surface area contributed by atoms with Crippen molar-refractivity contribution in [2.45, 2.75) is 106 Å². The summed E-state index contributed by atoms with van der Waals surface area (Å²) in [6.45, 7) is 23.4. The van der Waals surface area contributed by atoms with Gasteiger partial charge in [0.1, 0.15) is 38.4 Å². The van der Waals surface area contributed by atoms with E-state index in [0.717, 1.165) is 161 Å². The first-order valence-electron chi connectivity index (χ1n) is 28.1. The van der Waals surface area contributed by atoms with E-state index in [2.05, 4.69) is 73.6 Å². The lowest BCUT2D eigenvalue weighted by molar-refractivity contribution is -0.156. The number of nitrogens with two attached hydrogens (primary N) is 1. The summed E-state index contributed by atoms with van der Waals surface area (Å²) < 4.78 is 19.3. The molecule has 5 aromatic heterocycles. The topological polar surface area (TPSA) is 255 Å². The number of fused-ring (bicyclic) bond motifs is 5. The summed E-state index contributed by atoms with van der Waals surface area (Å²) in [4.78, 5) is 75.6. The van der Waals surface area contributed by atoms with Crippen LogP contribution >= 0.6 is 34.0 Å². The van der Waals surface area contributed by atoms with Crippen molar-refractivity contribution in [3.05, 3.63) is 100 Å². The van der Waals surface area contributed by atoms with Gasteiger partial charge in [0.25, 0.3) is 0 Å². The van der Waals surface area contributed by atoms with Crippen LogP contribution in [-0.2, 0) is 61.1 Å². The van der Waals surface area contributed by atoms with E-state index in [-0.39, 0.29) is 11.7 Å². The number of hydrogen-bond donors (Lipinski definition) is 3. The van der Waals surface area contributed by atoms with Crippen molar-refractivity contribution in [3.8, 4) is 27.2 Å². The largest absolute Gasteiger partial charge is 0.444 e. The molecule has 22 heteroatoms. The highest BCUT2D eigenvalue weighted by molar-refractivity contribution is 7.22. The van der Waals surface area contributed by atoms with Crippen molar-refractivity contribution in [2.75, 3.05) is 76.5 Å². The van der Waals surface area contributed by atoms with Gasteiger partial charge in [-0.25, -0.2) is 15.0 Å². The zero-order chi connectivity index (χ0) is 59.6. The van der Waals surface area contributed by atoms with E-state index < -0.39 is 18.0 Å². The number of carbonyl (C=O) groups excluding carboxylic acids is 5. The fraction of sp³-hybridized carbons (Fsp3) is 0.426. The molecule has 3 aromatic carbocycles. The number of carbonyl (C=O) groups is 5. The Balaban J connectivity index is 0.000000152. The van der Waals surface area contributed by atoms with E-state index in [9.17, 15) is 24.0 Å². The van der Waals surface area contributed by atoms with Gasteiger partial charge in [0.05, 0.1) is 67.4 Å². The molecule has 0 bridgehead atoms. The molecule has 4 aliphatic rings. The number of nitriles is 1. The minimum atomic E-state index is -0.728. The molecule has 4 N–H and O–H groups in total. The highest BCUT2D eigenvalue weighted by Crippen LogP contribution is 2.43. The molecule has 83 heavy (non-hydrogen) atoms. The summed E-state index contributed by atoms with van der Waals surface area (Å²) >= 11 is 4.91. The van der Waals surface area contributed by atoms with Crippen LogP contribution in [0.25, 0.3) is 51.8 Å². The second-order valence-electron chi connectivity index (χ2n) is 19.9. The molecule has 1 amide bonds. The van der Waals surface area contributed by atoms with Gasteiger partial charge in [-0.05, 0) is 75.4 Å². The first-order chi connectivity index (χ1) is 40.0. The normalized spacial score (nSPS) is 16.2. The number of ether oxygens (including phenoxy) is 1. The number of β-amino-alcohol motifs (C(OH)–C–C–N with tert-alkyl or cyclic N) is 1. The molecular formula is C61H74N10O9S3. The fourth-order valence-electron chi connectivity index (χ4n) is 9.68. The lowest BCUT2D eigenvalue weighted by Gasteiger charge is -2.27. The molecule has 12 rings (SSSR count). The number of hydrogen-bond acceptors (Lipinski definition) is 21. The molecule has 2 saturated heterocycles. The summed E-state index contributed by atoms with van der Waals surface area (Å²) in [6, 6.07) is 26.3. The van der Waals surface area contributed by atoms with E-state index in [1.807, 2.05) is 67.6 Å². The number of para-hydroxylation sites is 3. The number of aliphatic hydroxyl groups is 1. The van der Waals surface area contributed by atoms with E-state index in [0.29, 0.717) is 36.9 Å². The Bertz CT molecular complexity index is 3420. The molecule has 2 fully saturated rings. The summed E-state index contributed by atoms with van der Waals surface area (Å²) in [5.74, 6) is 2.16. The number of amides is 1. The Labute approximate surface area is 496 Å². The number of thiazole rings is 3. The first-order valence-corrected chi connectivity index (χ1v) is 30.5. The van der Waals surface area contributed by atoms with Crippen molar-refractivity contribution in [1.82, 2.24) is 34.6 Å². The summed E-state index contributed by atoms with van der Waals surface area (Å²) in [5.41, 5.74) is 13.5. The number of nitrogens with one attached hydrogen (secondary N) is 1. The number of Topliss-reactive ketones (excluding diaryl/α,β-unsaturated/α-hetero) is 2. The number of esters is 2. The maximum Gasteiger partial charge on any atom is 0.310 e. The third-order valence-corrected chi connectivity index (χ3v) is 17.3. The SMILES string of the molecule is CC(=O)OC(C)=O.CCN1CCC(=O)C(O)C1.CCN1CCC(=O)CC1.CCN1CCc2c(oc(N)c2-c2nc3ccccc3s2)C1.CCN1CCc2c(oc(NC(C)=O)c2-c2nc3ccccc3s2)C1.N#CCc1nc2ccccc2s1. The molecule has 0 aliphatic carbocycles. The van der Waals surface area contributed by atoms with Crippen molar-refractivity contribution in [1.29, 1.82) is 5.26 Å². The monoisotopic (exact) mass is 1190 g/mol. The van der Waals surface area contributed by atoms with Crippen LogP contribution in [0.5, 0.6) is 0 Å². The standard InChI is InChI=1S/C18H19N3O2S.C16H17N3OS.C9H6N2S.C7H13NO2.C7H13NO.C4H6O3/c1-3-21-9-8-12-14(10-21)23-17(19-11(2)22)16(12)18-20-13-6-4-5-7-15(13)24-18;1-2-19-8-7-10-12(9-19)20-15(17)14(10)16-18-11-5-3-4-6-13(11)21-16;10-6-5-9-11-7-3-1-2-4-8(7)12-9;1-2-8-4-3-6(9)7(10)5-8;1-2-8-5-3-7(9)4-6-8;1-3(5)7-4(2)6/h4-7H,3,8-10H2,1-2H3,(H,19,22);3-6H,2,7-9,17H2,1H3;1-4H,5H2;7,10H,2-5H2,1H3;2-6H2,1H3;1-2H3. The van der Waals surface area contributed by atoms with Crippen molar-refractivity contribution in [3.63, 3.8) is 0 Å². The molecule has 440 valence electrons. The maximum absolute atomic E-state index is 11.6. The van der Waals surface area contributed by atoms with E-state index in [1.54, 1.807) is 34.0 Å². The molecule has 8 aromatic rings. The van der Waals surface area contributed by atoms with Gasteiger partial charge < -0.3 is 34.2 Å². The van der Waals surface area contributed by atoms with Crippen LogP contribution in [0.3, 0.4) is 0 Å². The minimum Gasteiger partial charge on any atom is -0.444 e. The van der Waals surface area contributed by atoms with E-state index >= 15 is 0 Å². The third kappa shape index (κ3) is 17.7. The van der Waals surface area contributed by atoms with Crippen molar-refractivity contribution in [2.24, 2.45) is 0 Å². The number of nitrogens with zero attached hydrogens (tertiary/aromatic N) is 8. The van der Waals surface area contributed by atoms with Gasteiger partial charge in [-0.1, -0.05) is 64.1 Å². The summed E-state index contributed by atoms with van der Waals surface area (Å²) in [6.07, 6.45) is 3.64. The molecule has 1 unspecified atom stereocenters. The van der Waals surface area contributed by atoms with Gasteiger partial charge in [-0.15, -0.1) is 34.0 Å². The van der Waals surface area contributed by atoms with Crippen LogP contribution in [0.15, 0.2) is 81.6 Å². The van der Waals surface area contributed by atoms with Crippen LogP contribution < -0.4 is 11.1 Å². The van der Waals surface area contributed by atoms with Crippen LogP contribution in [0.1, 0.15) is 95.4 Å². The molecule has 9 heterocycles. The van der Waals surface area contributed by atoms with Gasteiger partial charge in [0.15, 0.2) is 5.78 Å². The van der Waals surface area contributed by atoms with Gasteiger partial charge in [-0.3, -0.25) is 39.1 Å². The van der Waals surface area contributed by atoms with Gasteiger partial charge in [-0.2, -0.15) is 5.26 Å². The molecule has 0 saturated carbocycles. The Kier molecular flexibility index (Phi) is 23.7. The van der Waals surface area contributed by atoms with Gasteiger partial charge >= 0.3 is 11.9 Å². The number of anilines is 2. The number of benzene rings is 3. The van der Waals surface area contributed by atoms with Crippen LogP contribution in [0.2, 0.25) is 0 Å². The highest BCUT2D eigenvalue weighted by Gasteiger charge is 2.30. The minimum absolute atomic E-state index is 0.00954. The molecule has 19 nitrogen and oxygen atoms in total. The third-order valence-electron chi connectivity index (χ3n) is 14.1. The first kappa shape index (κ1) is 63.5. The zero-order valence-electron chi connectivity index (χ0n) is 48.3. The molecule has 0 spiro atoms. The van der Waals surface area contributed by atoms with Crippen molar-refractivity contribution >= 4 is 106 Å². The number of piperidine rings is 2. The molecule has 4 aliphatic heterocycles. The van der Waals surface area contributed by atoms with Crippen LogP contribution in [0.4, 0.5) is 11.8 Å². The lowest BCUT2D eigenvalue weighted by Crippen LogP contribution is -2.43. The Hall–Kier alpha value is -7.07. The Morgan fingerprint density at radius 3 is 1.57 bits per heavy atom. The number of aliphatic hydroxyl groups excluding tert-OH is 1. The maximum atomic E-state index is 11.6. The average molecular weight is 1190 g/mol. The highest BCUT2D eigenvalue weighted by atomic mass is 32.1. The smallest absolute Gasteiger partial charge is 0.310 e. The number of rotatable bonds is 8. The lowest BCUT2D eigenvalue weighted by atomic mass is 10.0. The summed E-state index contributed by atoms with van der Waals surface area (Å²) in [7, 11) is 0. The molecule has 1 atom stereocenters. The van der Waals surface area contributed by atoms with Gasteiger partial charge in [0.2, 0.25) is 17.7 Å². The predicted molar refractivity (Wildman–Crippen MR) is 328 cm³/mol. The van der Waals surface area contributed by atoms with Crippen LogP contribution in [0, 0.1) is 11.3 Å². The average Bonchev–Trinajstić information content (AvgIpc) is 4.47. The van der Waals surface area contributed by atoms with Crippen molar-refractivity contribution < 1.29 is 42.7 Å². The fourth-order valence-corrected chi connectivity index (χ4v) is 12.7. The van der Waals surface area contributed by atoms with E-state index in [4.69, 9.17) is 34.9 Å². The number of aromatic nitrogens is 3. The van der Waals surface area contributed by atoms with Crippen LogP contribution in [-0.4, -0.2) is 141 Å². The molecular weight excluding hydrogens is 1110 g/mol. The van der Waals surface area contributed by atoms with Gasteiger partial charge in [0, 0.05) is 90.4 Å². The second-order valence-corrected chi connectivity index (χ2v) is 23.1. The number of ketones is 2. The Morgan fingerprint density at radius 1 is 0.651 bits per heavy atom. The predicted octanol–water partition coefficient (Wildman–Crippen LogP) is 10.2. The number of likely N-dealkylation sites (N-methyl/N-ethyl adjacent to an activating group) is 3. The second kappa shape index (κ2) is 31.0. The van der Waals surface area contributed by atoms with E-state index in [1.165, 1.54) is 36.6 Å². The number of likely N-dealkylation sites (tertiary alicyclic amines) is 2. The molecule has 0 radical (unpaired) electrons. The number of nitrogen functional groups attached to an aromatic ring is 1. The zero-order valence-corrected chi connectivity index (χ0v) is 50.8. The summed E-state index contributed by atoms with van der Waals surface area (Å²) in [5, 5.41) is 23.2. The quantitative estimate of drug-likeness (QED) is 0.0944.